The lowest BCUT2D eigenvalue weighted by atomic mass is 9.33. The molecule has 27 heteroatoms. The summed E-state index contributed by atoms with van der Waals surface area (Å²) in [5.41, 5.74) is -1.99. The molecule has 5 aliphatic carbocycles. The zero-order valence-electron chi connectivity index (χ0n) is 51.7. The van der Waals surface area contributed by atoms with Crippen molar-refractivity contribution in [3.8, 4) is 0 Å². The molecule has 504 valence electrons. The van der Waals surface area contributed by atoms with Gasteiger partial charge in [0.2, 0.25) is 6.29 Å². The van der Waals surface area contributed by atoms with Gasteiger partial charge in [0, 0.05) is 12.3 Å². The number of hydrogen-bond donors (Lipinski definition) is 14. The quantitative estimate of drug-likeness (QED) is 0.0509. The number of carbonyl (C=O) groups excluding carboxylic acids is 2. The van der Waals surface area contributed by atoms with E-state index in [-0.39, 0.29) is 47.2 Å². The Morgan fingerprint density at radius 3 is 1.85 bits per heavy atom. The van der Waals surface area contributed by atoms with Gasteiger partial charge >= 0.3 is 11.9 Å². The van der Waals surface area contributed by atoms with Crippen LogP contribution in [0.3, 0.4) is 0 Å². The highest BCUT2D eigenvalue weighted by atomic mass is 16.8. The van der Waals surface area contributed by atoms with Gasteiger partial charge < -0.3 is 124 Å². The van der Waals surface area contributed by atoms with Crippen LogP contribution in [0.2, 0.25) is 0 Å². The van der Waals surface area contributed by atoms with Crippen LogP contribution in [0.25, 0.3) is 0 Å². The first-order valence-electron chi connectivity index (χ1n) is 31.5. The van der Waals surface area contributed by atoms with Crippen molar-refractivity contribution in [3.05, 3.63) is 11.6 Å². The second kappa shape index (κ2) is 25.5. The Morgan fingerprint density at radius 2 is 1.18 bits per heavy atom. The smallest absolute Gasteiger partial charge is 0.315 e. The molecular formula is C61H98O27. The number of fused-ring (bicyclic) bond motifs is 7. The van der Waals surface area contributed by atoms with Crippen LogP contribution in [-0.2, 0) is 61.7 Å². The van der Waals surface area contributed by atoms with E-state index in [0.29, 0.717) is 57.8 Å². The predicted octanol–water partition coefficient (Wildman–Crippen LogP) is -1.97. The SMILES string of the molecule is CC(=O)OC1C(O)C(C)OC(OC2C(CO)OC(OCC3OC(OC(=O)C45CCC(C)(C)CC4C4=CCC6C7(C)CCC(OC8OCC(O)C(O)C8OC8OC(C)C(O)C(O)C8O)C(C)(CO)C7CCC6(C)C4(C)CC5)C(O)C(O)C3O)C(O)C2O)C1O. The zero-order chi connectivity index (χ0) is 64.3. The Bertz CT molecular complexity index is 2490. The zero-order valence-corrected chi connectivity index (χ0v) is 51.7. The fraction of sp³-hybridized carbons (Fsp3) is 0.934. The van der Waals surface area contributed by atoms with Crippen molar-refractivity contribution in [2.75, 3.05) is 26.4 Å². The fourth-order valence-electron chi connectivity index (χ4n) is 17.8. The Morgan fingerprint density at radius 1 is 0.568 bits per heavy atom. The minimum Gasteiger partial charge on any atom is -0.457 e. The normalized spacial score (nSPS) is 53.7. The first-order chi connectivity index (χ1) is 41.2. The highest BCUT2D eigenvalue weighted by Gasteiger charge is 2.71. The first kappa shape index (κ1) is 68.6. The summed E-state index contributed by atoms with van der Waals surface area (Å²) >= 11 is 0. The summed E-state index contributed by atoms with van der Waals surface area (Å²) in [6.45, 7) is 15.4. The van der Waals surface area contributed by atoms with Gasteiger partial charge in [-0.15, -0.1) is 0 Å². The molecule has 88 heavy (non-hydrogen) atoms. The Labute approximate surface area is 512 Å². The van der Waals surface area contributed by atoms with E-state index >= 15 is 4.79 Å². The molecular weight excluding hydrogens is 1160 g/mol. The maximum absolute atomic E-state index is 15.3. The fourth-order valence-corrected chi connectivity index (χ4v) is 17.8. The highest BCUT2D eigenvalue weighted by Crippen LogP contribution is 2.76. The van der Waals surface area contributed by atoms with Crippen LogP contribution in [0.1, 0.15) is 127 Å². The number of rotatable bonds is 14. The molecule has 14 N–H and O–H groups in total. The van der Waals surface area contributed by atoms with Crippen molar-refractivity contribution in [1.29, 1.82) is 0 Å². The molecule has 0 spiro atoms. The number of aliphatic hydroxyl groups is 14. The molecule has 5 aliphatic heterocycles. The van der Waals surface area contributed by atoms with Crippen LogP contribution < -0.4 is 0 Å². The second-order valence-electron chi connectivity index (χ2n) is 29.1. The van der Waals surface area contributed by atoms with E-state index in [9.17, 15) is 76.3 Å². The van der Waals surface area contributed by atoms with Crippen molar-refractivity contribution in [2.24, 2.45) is 50.2 Å². The molecule has 10 aliphatic rings. The second-order valence-corrected chi connectivity index (χ2v) is 29.1. The van der Waals surface area contributed by atoms with E-state index in [0.717, 1.165) is 13.3 Å². The van der Waals surface area contributed by atoms with E-state index in [4.69, 9.17) is 52.1 Å². The van der Waals surface area contributed by atoms with Crippen LogP contribution in [0.4, 0.5) is 0 Å². The first-order valence-corrected chi connectivity index (χ1v) is 31.5. The van der Waals surface area contributed by atoms with E-state index < -0.39 is 195 Å². The molecule has 27 nitrogen and oxygen atoms in total. The molecule has 0 aromatic rings. The molecule has 4 saturated carbocycles. The van der Waals surface area contributed by atoms with Gasteiger partial charge in [-0.25, -0.2) is 0 Å². The Kier molecular flexibility index (Phi) is 19.9. The number of carbonyl (C=O) groups is 2. The van der Waals surface area contributed by atoms with Gasteiger partial charge in [0.05, 0.1) is 50.2 Å². The lowest BCUT2D eigenvalue weighted by Crippen LogP contribution is -2.67. The standard InChI is InChI=1S/C61H98O27/c1-25-36(66)40(70)43(73)51(80-25)87-49-38(68)30(65)22-78-54(49)85-35-13-14-57(6)33(58(35,7)24-63)12-15-60(9)34(57)11-10-28-29-20-56(4,5)16-18-61(29,19-17-59(28,60)8)55(77)88-52-44(74)41(71)39(69)32(84-52)23-79-50-45(75)42(72)47(31(21-62)83-50)86-53-46(76)48(82-27(3)64)37(67)26(2)81-53/h10,25-26,29-54,62-63,65-76H,11-24H2,1-9H3. The number of allylic oxidation sites excluding steroid dienone is 2. The number of ether oxygens (including phenoxy) is 11. The summed E-state index contributed by atoms with van der Waals surface area (Å²) in [6.07, 6.45) is -29.8. The molecule has 10 rings (SSSR count). The summed E-state index contributed by atoms with van der Waals surface area (Å²) in [4.78, 5) is 27.0. The van der Waals surface area contributed by atoms with E-state index in [2.05, 4.69) is 40.7 Å². The van der Waals surface area contributed by atoms with E-state index in [1.165, 1.54) is 19.4 Å². The minimum atomic E-state index is -1.92. The van der Waals surface area contributed by atoms with E-state index in [1.807, 2.05) is 6.92 Å². The van der Waals surface area contributed by atoms with Gasteiger partial charge in [-0.2, -0.15) is 0 Å². The summed E-state index contributed by atoms with van der Waals surface area (Å²) in [7, 11) is 0. The molecule has 0 bridgehead atoms. The van der Waals surface area contributed by atoms with Crippen molar-refractivity contribution in [2.45, 2.75) is 280 Å². The average Bonchev–Trinajstić information content (AvgIpc) is 0.678. The highest BCUT2D eigenvalue weighted by molar-refractivity contribution is 5.79. The Balaban J connectivity index is 0.826. The van der Waals surface area contributed by atoms with Gasteiger partial charge in [0.15, 0.2) is 31.3 Å². The predicted molar refractivity (Wildman–Crippen MR) is 298 cm³/mol. The molecule has 5 heterocycles. The van der Waals surface area contributed by atoms with E-state index in [1.54, 1.807) is 0 Å². The van der Waals surface area contributed by atoms with Crippen molar-refractivity contribution < 1.29 is 133 Å². The van der Waals surface area contributed by atoms with Crippen molar-refractivity contribution in [1.82, 2.24) is 0 Å². The summed E-state index contributed by atoms with van der Waals surface area (Å²) in [6, 6.07) is 0. The number of aliphatic hydroxyl groups excluding tert-OH is 14. The summed E-state index contributed by atoms with van der Waals surface area (Å²) in [5, 5.41) is 154. The van der Waals surface area contributed by atoms with Crippen molar-refractivity contribution >= 4 is 11.9 Å². The lowest BCUT2D eigenvalue weighted by molar-refractivity contribution is -0.365. The molecule has 0 aromatic heterocycles. The molecule has 0 radical (unpaired) electrons. The third-order valence-electron chi connectivity index (χ3n) is 23.5. The third kappa shape index (κ3) is 11.7. The maximum Gasteiger partial charge on any atom is 0.315 e. The molecule has 33 atom stereocenters. The van der Waals surface area contributed by atoms with Crippen LogP contribution in [0.5, 0.6) is 0 Å². The molecule has 0 amide bonds. The molecule has 9 fully saturated rings. The molecule has 0 aromatic carbocycles. The average molecular weight is 1260 g/mol. The topological polar surface area (TPSA) is 419 Å². The largest absolute Gasteiger partial charge is 0.457 e. The number of hydrogen-bond acceptors (Lipinski definition) is 27. The lowest BCUT2D eigenvalue weighted by Gasteiger charge is -2.71. The maximum atomic E-state index is 15.3. The summed E-state index contributed by atoms with van der Waals surface area (Å²) in [5.74, 6) is -1.70. The van der Waals surface area contributed by atoms with Crippen molar-refractivity contribution in [3.63, 3.8) is 0 Å². The molecule has 5 saturated heterocycles. The van der Waals surface area contributed by atoms with Crippen LogP contribution >= 0.6 is 0 Å². The van der Waals surface area contributed by atoms with Crippen LogP contribution in [0, 0.1) is 50.2 Å². The van der Waals surface area contributed by atoms with Gasteiger partial charge in [-0.1, -0.05) is 53.2 Å². The van der Waals surface area contributed by atoms with Gasteiger partial charge in [-0.3, -0.25) is 9.59 Å². The third-order valence-corrected chi connectivity index (χ3v) is 23.5. The van der Waals surface area contributed by atoms with Gasteiger partial charge in [0.25, 0.3) is 0 Å². The van der Waals surface area contributed by atoms with Crippen LogP contribution in [-0.4, -0.2) is 263 Å². The Hall–Kier alpha value is -2.24. The van der Waals surface area contributed by atoms with Gasteiger partial charge in [-0.05, 0) is 117 Å². The number of esters is 2. The molecule has 33 unspecified atom stereocenters. The summed E-state index contributed by atoms with van der Waals surface area (Å²) < 4.78 is 64.9. The minimum absolute atomic E-state index is 0.0725. The monoisotopic (exact) mass is 1260 g/mol. The van der Waals surface area contributed by atoms with Gasteiger partial charge in [0.1, 0.15) is 97.7 Å². The van der Waals surface area contributed by atoms with Crippen LogP contribution in [0.15, 0.2) is 11.6 Å².